The number of carbonyl (C=O) groups excluding carboxylic acids is 1. The van der Waals surface area contributed by atoms with E-state index in [-0.39, 0.29) is 5.91 Å². The molecular weight excluding hydrogens is 326 g/mol. The number of amides is 1. The number of halogens is 2. The van der Waals surface area contributed by atoms with Gasteiger partial charge in [0.1, 0.15) is 0 Å². The van der Waals surface area contributed by atoms with Crippen LogP contribution in [0.15, 0.2) is 22.7 Å². The van der Waals surface area contributed by atoms with E-state index in [0.29, 0.717) is 18.9 Å². The first-order chi connectivity index (χ1) is 9.15. The van der Waals surface area contributed by atoms with E-state index in [1.807, 2.05) is 18.2 Å². The van der Waals surface area contributed by atoms with Gasteiger partial charge in [0.05, 0.1) is 0 Å². The van der Waals surface area contributed by atoms with Gasteiger partial charge in [0.2, 0.25) is 5.91 Å². The minimum Gasteiger partial charge on any atom is -0.353 e. The zero-order valence-electron chi connectivity index (χ0n) is 10.9. The lowest BCUT2D eigenvalue weighted by atomic mass is 9.95. The lowest BCUT2D eigenvalue weighted by Gasteiger charge is -2.22. The van der Waals surface area contributed by atoms with Gasteiger partial charge in [0, 0.05) is 22.0 Å². The Kier molecular flexibility index (Phi) is 5.71. The molecular formula is C15H19BrClNO. The molecule has 19 heavy (non-hydrogen) atoms. The van der Waals surface area contributed by atoms with Crippen molar-refractivity contribution < 1.29 is 4.79 Å². The van der Waals surface area contributed by atoms with E-state index in [2.05, 4.69) is 21.2 Å². The number of hydrogen-bond acceptors (Lipinski definition) is 1. The molecule has 4 heteroatoms. The van der Waals surface area contributed by atoms with E-state index >= 15 is 0 Å². The molecule has 0 spiro atoms. The van der Waals surface area contributed by atoms with Crippen LogP contribution in [0.1, 0.15) is 44.1 Å². The van der Waals surface area contributed by atoms with Gasteiger partial charge >= 0.3 is 0 Å². The Morgan fingerprint density at radius 2 is 2.05 bits per heavy atom. The van der Waals surface area contributed by atoms with Gasteiger partial charge in [-0.15, -0.1) is 0 Å². The van der Waals surface area contributed by atoms with Gasteiger partial charge < -0.3 is 5.32 Å². The smallest absolute Gasteiger partial charge is 0.220 e. The molecule has 0 heterocycles. The Labute approximate surface area is 128 Å². The third kappa shape index (κ3) is 4.81. The van der Waals surface area contributed by atoms with E-state index in [1.165, 1.54) is 19.3 Å². The van der Waals surface area contributed by atoms with Crippen molar-refractivity contribution in [2.45, 2.75) is 51.0 Å². The lowest BCUT2D eigenvalue weighted by Crippen LogP contribution is -2.36. The summed E-state index contributed by atoms with van der Waals surface area (Å²) in [6.45, 7) is 0. The molecule has 1 aromatic rings. The fraction of sp³-hybridized carbons (Fsp3) is 0.533. The Morgan fingerprint density at radius 1 is 1.32 bits per heavy atom. The molecule has 1 aromatic carbocycles. The zero-order chi connectivity index (χ0) is 13.7. The van der Waals surface area contributed by atoms with Crippen molar-refractivity contribution in [1.29, 1.82) is 0 Å². The number of nitrogens with one attached hydrogen (secondary N) is 1. The first kappa shape index (κ1) is 14.9. The van der Waals surface area contributed by atoms with Crippen molar-refractivity contribution >= 4 is 33.4 Å². The van der Waals surface area contributed by atoms with Crippen LogP contribution in [0.4, 0.5) is 0 Å². The van der Waals surface area contributed by atoms with E-state index in [9.17, 15) is 4.79 Å². The molecule has 1 amide bonds. The van der Waals surface area contributed by atoms with E-state index in [4.69, 9.17) is 11.6 Å². The number of aryl methyl sites for hydroxylation is 1. The van der Waals surface area contributed by atoms with Crippen molar-refractivity contribution in [2.75, 3.05) is 0 Å². The summed E-state index contributed by atoms with van der Waals surface area (Å²) in [7, 11) is 0. The summed E-state index contributed by atoms with van der Waals surface area (Å²) >= 11 is 9.52. The fourth-order valence-electron chi connectivity index (χ4n) is 2.52. The fourth-order valence-corrected chi connectivity index (χ4v) is 3.29. The summed E-state index contributed by atoms with van der Waals surface area (Å²) in [5.74, 6) is 0.144. The Bertz CT molecular complexity index is 444. The van der Waals surface area contributed by atoms with Crippen molar-refractivity contribution in [2.24, 2.45) is 0 Å². The molecule has 0 atom stereocenters. The van der Waals surface area contributed by atoms with Crippen molar-refractivity contribution in [1.82, 2.24) is 5.32 Å². The maximum Gasteiger partial charge on any atom is 0.220 e. The maximum atomic E-state index is 11.9. The average molecular weight is 345 g/mol. The highest BCUT2D eigenvalue weighted by Gasteiger charge is 2.15. The summed E-state index contributed by atoms with van der Waals surface area (Å²) in [5.41, 5.74) is 1.03. The topological polar surface area (TPSA) is 29.1 Å². The van der Waals surface area contributed by atoms with Gasteiger partial charge in [-0.2, -0.15) is 0 Å². The summed E-state index contributed by atoms with van der Waals surface area (Å²) < 4.78 is 0.966. The SMILES string of the molecule is O=C(CCc1ccc(Br)cc1Cl)NC1CCCCC1. The zero-order valence-corrected chi connectivity index (χ0v) is 13.3. The van der Waals surface area contributed by atoms with Crippen molar-refractivity contribution in [3.05, 3.63) is 33.3 Å². The van der Waals surface area contributed by atoms with Crippen LogP contribution in [0, 0.1) is 0 Å². The first-order valence-corrected chi connectivity index (χ1v) is 8.05. The Hall–Kier alpha value is -0.540. The molecule has 1 saturated carbocycles. The van der Waals surface area contributed by atoms with Gasteiger partial charge in [0.25, 0.3) is 0 Å². The largest absolute Gasteiger partial charge is 0.353 e. The second-order valence-corrected chi connectivity index (χ2v) is 6.46. The highest BCUT2D eigenvalue weighted by molar-refractivity contribution is 9.10. The Balaban J connectivity index is 1.79. The minimum absolute atomic E-state index is 0.144. The molecule has 0 saturated heterocycles. The minimum atomic E-state index is 0.144. The third-order valence-electron chi connectivity index (χ3n) is 3.61. The molecule has 0 bridgehead atoms. The third-order valence-corrected chi connectivity index (χ3v) is 4.45. The van der Waals surface area contributed by atoms with Crippen LogP contribution < -0.4 is 5.32 Å². The van der Waals surface area contributed by atoms with Crippen LogP contribution in [0.2, 0.25) is 5.02 Å². The molecule has 0 aliphatic heterocycles. The molecule has 1 aliphatic carbocycles. The van der Waals surface area contributed by atoms with Crippen LogP contribution in [-0.4, -0.2) is 11.9 Å². The van der Waals surface area contributed by atoms with Gasteiger partial charge in [-0.3, -0.25) is 4.79 Å². The second kappa shape index (κ2) is 7.30. The molecule has 0 aromatic heterocycles. The summed E-state index contributed by atoms with van der Waals surface area (Å²) in [5, 5.41) is 3.85. The molecule has 2 rings (SSSR count). The first-order valence-electron chi connectivity index (χ1n) is 6.88. The molecule has 2 nitrogen and oxygen atoms in total. The average Bonchev–Trinajstić information content (AvgIpc) is 2.39. The number of rotatable bonds is 4. The molecule has 0 unspecified atom stereocenters. The van der Waals surface area contributed by atoms with Gasteiger partial charge in [-0.25, -0.2) is 0 Å². The second-order valence-electron chi connectivity index (χ2n) is 5.14. The highest BCUT2D eigenvalue weighted by Crippen LogP contribution is 2.22. The van der Waals surface area contributed by atoms with E-state index in [1.54, 1.807) is 0 Å². The van der Waals surface area contributed by atoms with Crippen LogP contribution in [0.3, 0.4) is 0 Å². The van der Waals surface area contributed by atoms with Crippen LogP contribution in [0.25, 0.3) is 0 Å². The molecule has 1 N–H and O–H groups in total. The predicted octanol–water partition coefficient (Wildman–Crippen LogP) is 4.48. The number of hydrogen-bond donors (Lipinski definition) is 1. The van der Waals surface area contributed by atoms with Crippen molar-refractivity contribution in [3.63, 3.8) is 0 Å². The molecule has 104 valence electrons. The van der Waals surface area contributed by atoms with Gasteiger partial charge in [0.15, 0.2) is 0 Å². The van der Waals surface area contributed by atoms with Gasteiger partial charge in [-0.05, 0) is 37.0 Å². The molecule has 1 aliphatic rings. The lowest BCUT2D eigenvalue weighted by molar-refractivity contribution is -0.121. The highest BCUT2D eigenvalue weighted by atomic mass is 79.9. The molecule has 0 radical (unpaired) electrons. The maximum absolute atomic E-state index is 11.9. The van der Waals surface area contributed by atoms with Crippen LogP contribution in [0.5, 0.6) is 0 Å². The summed E-state index contributed by atoms with van der Waals surface area (Å²) in [4.78, 5) is 11.9. The predicted molar refractivity (Wildman–Crippen MR) is 82.5 cm³/mol. The number of benzene rings is 1. The standard InChI is InChI=1S/C15H19BrClNO/c16-12-8-6-11(14(17)10-12)7-9-15(19)18-13-4-2-1-3-5-13/h6,8,10,13H,1-5,7,9H2,(H,18,19). The van der Waals surface area contributed by atoms with Crippen molar-refractivity contribution in [3.8, 4) is 0 Å². The normalized spacial score (nSPS) is 16.3. The van der Waals surface area contributed by atoms with Gasteiger partial charge in [-0.1, -0.05) is 52.9 Å². The Morgan fingerprint density at radius 3 is 2.74 bits per heavy atom. The van der Waals surface area contributed by atoms with E-state index in [0.717, 1.165) is 27.9 Å². The summed E-state index contributed by atoms with van der Waals surface area (Å²) in [6.07, 6.45) is 7.26. The quantitative estimate of drug-likeness (QED) is 0.857. The summed E-state index contributed by atoms with van der Waals surface area (Å²) in [6, 6.07) is 6.19. The van der Waals surface area contributed by atoms with E-state index < -0.39 is 0 Å². The van der Waals surface area contributed by atoms with Crippen LogP contribution in [-0.2, 0) is 11.2 Å². The van der Waals surface area contributed by atoms with Crippen LogP contribution >= 0.6 is 27.5 Å². The number of carbonyl (C=O) groups is 1. The molecule has 1 fully saturated rings. The monoisotopic (exact) mass is 343 g/mol.